The summed E-state index contributed by atoms with van der Waals surface area (Å²) in [6.07, 6.45) is 0. The second-order valence-corrected chi connectivity index (χ2v) is 7.73. The lowest BCUT2D eigenvalue weighted by atomic mass is 10.1. The van der Waals surface area contributed by atoms with Gasteiger partial charge in [-0.1, -0.05) is 15.9 Å². The third kappa shape index (κ3) is 4.53. The first-order valence-electron chi connectivity index (χ1n) is 6.33. The van der Waals surface area contributed by atoms with Gasteiger partial charge in [0.05, 0.1) is 4.90 Å². The molecule has 1 rings (SSSR count). The van der Waals surface area contributed by atoms with Gasteiger partial charge in [-0.25, -0.2) is 13.1 Å². The number of nitrogens with one attached hydrogen (secondary N) is 1. The first-order chi connectivity index (χ1) is 9.17. The van der Waals surface area contributed by atoms with Crippen molar-refractivity contribution in [2.75, 3.05) is 20.6 Å². The van der Waals surface area contributed by atoms with Crippen molar-refractivity contribution in [1.29, 1.82) is 0 Å². The molecule has 0 aliphatic heterocycles. The van der Waals surface area contributed by atoms with Crippen LogP contribution in [0, 0.1) is 6.92 Å². The molecular weight excluding hydrogens is 342 g/mol. The molecule has 0 radical (unpaired) electrons. The minimum absolute atomic E-state index is 0.172. The minimum atomic E-state index is -3.55. The van der Waals surface area contributed by atoms with Crippen LogP contribution in [0.25, 0.3) is 0 Å². The van der Waals surface area contributed by atoms with Crippen molar-refractivity contribution in [2.24, 2.45) is 5.73 Å². The first-order valence-corrected chi connectivity index (χ1v) is 8.61. The molecule has 0 heterocycles. The highest BCUT2D eigenvalue weighted by atomic mass is 79.9. The molecule has 1 atom stereocenters. The number of halogens is 1. The van der Waals surface area contributed by atoms with Gasteiger partial charge in [-0.05, 0) is 51.2 Å². The molecule has 7 heteroatoms. The minimum Gasteiger partial charge on any atom is -0.326 e. The number of hydrogen-bond donors (Lipinski definition) is 2. The number of nitrogens with two attached hydrogens (primary N) is 1. The number of sulfonamides is 1. The van der Waals surface area contributed by atoms with Crippen molar-refractivity contribution in [3.05, 3.63) is 27.7 Å². The molecule has 0 saturated carbocycles. The first kappa shape index (κ1) is 17.6. The van der Waals surface area contributed by atoms with Gasteiger partial charge in [0, 0.05) is 23.6 Å². The average molecular weight is 364 g/mol. The molecule has 5 nitrogen and oxygen atoms in total. The van der Waals surface area contributed by atoms with Crippen LogP contribution in [-0.4, -0.2) is 40.0 Å². The highest BCUT2D eigenvalue weighted by Gasteiger charge is 2.21. The van der Waals surface area contributed by atoms with Crippen LogP contribution in [0.3, 0.4) is 0 Å². The van der Waals surface area contributed by atoms with E-state index in [2.05, 4.69) is 20.7 Å². The van der Waals surface area contributed by atoms with E-state index in [0.717, 1.165) is 10.0 Å². The van der Waals surface area contributed by atoms with Gasteiger partial charge in [-0.3, -0.25) is 0 Å². The van der Waals surface area contributed by atoms with E-state index >= 15 is 0 Å². The van der Waals surface area contributed by atoms with Gasteiger partial charge in [-0.2, -0.15) is 0 Å². The van der Waals surface area contributed by atoms with E-state index in [1.54, 1.807) is 13.0 Å². The summed E-state index contributed by atoms with van der Waals surface area (Å²) in [6.45, 7) is 4.55. The van der Waals surface area contributed by atoms with Gasteiger partial charge in [0.2, 0.25) is 10.0 Å². The van der Waals surface area contributed by atoms with Gasteiger partial charge in [0.15, 0.2) is 0 Å². The standard InChI is InChI=1S/C13H22BrN3O2S/c1-9(8-17(3)4)16-20(18,19)13-6-11(7-15)5-12(14)10(13)2/h5-6,9,16H,7-8,15H2,1-4H3. The number of nitrogens with zero attached hydrogens (tertiary/aromatic N) is 1. The quantitative estimate of drug-likeness (QED) is 0.801. The highest BCUT2D eigenvalue weighted by Crippen LogP contribution is 2.25. The molecule has 20 heavy (non-hydrogen) atoms. The summed E-state index contributed by atoms with van der Waals surface area (Å²) >= 11 is 3.38. The number of likely N-dealkylation sites (N-methyl/N-ethyl adjacent to an activating group) is 1. The van der Waals surface area contributed by atoms with E-state index in [0.29, 0.717) is 18.7 Å². The predicted molar refractivity (Wildman–Crippen MR) is 85.1 cm³/mol. The molecule has 114 valence electrons. The van der Waals surface area contributed by atoms with Gasteiger partial charge < -0.3 is 10.6 Å². The van der Waals surface area contributed by atoms with E-state index < -0.39 is 10.0 Å². The zero-order valence-electron chi connectivity index (χ0n) is 12.3. The van der Waals surface area contributed by atoms with E-state index in [-0.39, 0.29) is 10.9 Å². The Kier molecular flexibility index (Phi) is 6.15. The molecule has 0 bridgehead atoms. The van der Waals surface area contributed by atoms with Crippen LogP contribution in [0.5, 0.6) is 0 Å². The van der Waals surface area contributed by atoms with Gasteiger partial charge in [0.1, 0.15) is 0 Å². The van der Waals surface area contributed by atoms with Gasteiger partial charge >= 0.3 is 0 Å². The van der Waals surface area contributed by atoms with Crippen LogP contribution in [0.2, 0.25) is 0 Å². The monoisotopic (exact) mass is 363 g/mol. The fraction of sp³-hybridized carbons (Fsp3) is 0.538. The van der Waals surface area contributed by atoms with Gasteiger partial charge in [0.25, 0.3) is 0 Å². The van der Waals surface area contributed by atoms with Crippen molar-refractivity contribution in [1.82, 2.24) is 9.62 Å². The molecule has 3 N–H and O–H groups in total. The predicted octanol–water partition coefficient (Wildman–Crippen LogP) is 1.44. The molecule has 0 amide bonds. The van der Waals surface area contributed by atoms with Crippen molar-refractivity contribution in [3.8, 4) is 0 Å². The highest BCUT2D eigenvalue weighted by molar-refractivity contribution is 9.10. The lowest BCUT2D eigenvalue weighted by molar-refractivity contribution is 0.370. The second-order valence-electron chi connectivity index (χ2n) is 5.19. The lowest BCUT2D eigenvalue weighted by Gasteiger charge is -2.19. The summed E-state index contributed by atoms with van der Waals surface area (Å²) < 4.78 is 28.4. The average Bonchev–Trinajstić information content (AvgIpc) is 2.30. The zero-order chi connectivity index (χ0) is 15.5. The maximum absolute atomic E-state index is 12.5. The third-order valence-corrected chi connectivity index (χ3v) is 5.42. The molecule has 0 aromatic heterocycles. The Balaban J connectivity index is 3.12. The summed E-state index contributed by atoms with van der Waals surface area (Å²) in [6, 6.07) is 3.30. The molecule has 0 aliphatic carbocycles. The van der Waals surface area contributed by atoms with E-state index in [1.807, 2.05) is 32.0 Å². The zero-order valence-corrected chi connectivity index (χ0v) is 14.7. The van der Waals surface area contributed by atoms with Crippen LogP contribution in [0.15, 0.2) is 21.5 Å². The maximum atomic E-state index is 12.5. The van der Waals surface area contributed by atoms with Crippen molar-refractivity contribution in [3.63, 3.8) is 0 Å². The van der Waals surface area contributed by atoms with E-state index in [9.17, 15) is 8.42 Å². The van der Waals surface area contributed by atoms with Crippen LogP contribution in [0.1, 0.15) is 18.1 Å². The Morgan fingerprint density at radius 2 is 2.00 bits per heavy atom. The molecule has 1 unspecified atom stereocenters. The largest absolute Gasteiger partial charge is 0.326 e. The number of hydrogen-bond acceptors (Lipinski definition) is 4. The Bertz CT molecular complexity index is 573. The summed E-state index contributed by atoms with van der Waals surface area (Å²) in [5, 5.41) is 0. The van der Waals surface area contributed by atoms with E-state index in [4.69, 9.17) is 5.73 Å². The lowest BCUT2D eigenvalue weighted by Crippen LogP contribution is -2.39. The van der Waals surface area contributed by atoms with Crippen molar-refractivity contribution in [2.45, 2.75) is 31.3 Å². The normalized spacial score (nSPS) is 13.8. The van der Waals surface area contributed by atoms with Crippen molar-refractivity contribution >= 4 is 26.0 Å². The maximum Gasteiger partial charge on any atom is 0.241 e. The van der Waals surface area contributed by atoms with Crippen LogP contribution in [-0.2, 0) is 16.6 Å². The van der Waals surface area contributed by atoms with Crippen LogP contribution >= 0.6 is 15.9 Å². The Morgan fingerprint density at radius 1 is 1.40 bits per heavy atom. The fourth-order valence-electron chi connectivity index (χ4n) is 2.02. The molecule has 0 spiro atoms. The molecular formula is C13H22BrN3O2S. The Hall–Kier alpha value is -0.470. The summed E-state index contributed by atoms with van der Waals surface area (Å²) in [5.74, 6) is 0. The summed E-state index contributed by atoms with van der Waals surface area (Å²) in [4.78, 5) is 2.21. The summed E-state index contributed by atoms with van der Waals surface area (Å²) in [5.41, 5.74) is 7.07. The van der Waals surface area contributed by atoms with E-state index in [1.165, 1.54) is 0 Å². The molecule has 0 aliphatic rings. The SMILES string of the molecule is Cc1c(Br)cc(CN)cc1S(=O)(=O)NC(C)CN(C)C. The fourth-order valence-corrected chi connectivity index (χ4v) is 4.21. The van der Waals surface area contributed by atoms with Crippen LogP contribution in [0.4, 0.5) is 0 Å². The smallest absolute Gasteiger partial charge is 0.241 e. The molecule has 1 aromatic rings. The Labute approximate surface area is 129 Å². The third-order valence-electron chi connectivity index (χ3n) is 2.88. The molecule has 0 fully saturated rings. The van der Waals surface area contributed by atoms with Crippen molar-refractivity contribution < 1.29 is 8.42 Å². The topological polar surface area (TPSA) is 75.4 Å². The number of rotatable bonds is 6. The molecule has 0 saturated heterocycles. The van der Waals surface area contributed by atoms with Gasteiger partial charge in [-0.15, -0.1) is 0 Å². The Morgan fingerprint density at radius 3 is 2.50 bits per heavy atom. The summed E-state index contributed by atoms with van der Waals surface area (Å²) in [7, 11) is 0.256. The van der Waals surface area contributed by atoms with Crippen LogP contribution < -0.4 is 10.5 Å². The molecule has 1 aromatic carbocycles. The second kappa shape index (κ2) is 7.00. The number of benzene rings is 1.